The van der Waals surface area contributed by atoms with E-state index in [2.05, 4.69) is 15.3 Å². The quantitative estimate of drug-likeness (QED) is 0.664. The van der Waals surface area contributed by atoms with Gasteiger partial charge in [-0.15, -0.1) is 0 Å². The second-order valence-corrected chi connectivity index (χ2v) is 4.12. The normalized spacial score (nSPS) is 11.2. The Balaban J connectivity index is 2.37. The Morgan fingerprint density at radius 1 is 1.46 bits per heavy atom. The van der Waals surface area contributed by atoms with Gasteiger partial charge in [0.05, 0.1) is 11.9 Å². The smallest absolute Gasteiger partial charge is 0.210 e. The van der Waals surface area contributed by atoms with E-state index in [0.717, 1.165) is 0 Å². The van der Waals surface area contributed by atoms with Gasteiger partial charge in [-0.05, 0) is 0 Å². The Morgan fingerprint density at radius 2 is 2.23 bits per heavy atom. The Morgan fingerprint density at radius 3 is 2.77 bits per heavy atom. The average molecular weight is 202 g/mol. The second kappa shape index (κ2) is 4.15. The Bertz CT molecular complexity index is 350. The largest absolute Gasteiger partial charge is 0.368 e. The number of hydrogen-bond donors (Lipinski definition) is 2. The van der Waals surface area contributed by atoms with E-state index < -0.39 is 10.0 Å². The third kappa shape index (κ3) is 4.38. The molecule has 0 radical (unpaired) electrons. The van der Waals surface area contributed by atoms with Gasteiger partial charge < -0.3 is 5.32 Å². The van der Waals surface area contributed by atoms with Crippen molar-refractivity contribution in [3.8, 4) is 0 Å². The number of nitrogens with zero attached hydrogens (tertiary/aromatic N) is 2. The fourth-order valence-corrected chi connectivity index (χ4v) is 1.10. The van der Waals surface area contributed by atoms with E-state index >= 15 is 0 Å². The molecule has 1 heterocycles. The fourth-order valence-electron chi connectivity index (χ4n) is 0.712. The highest BCUT2D eigenvalue weighted by atomic mass is 32.2. The van der Waals surface area contributed by atoms with E-state index in [0.29, 0.717) is 5.82 Å². The first-order valence-corrected chi connectivity index (χ1v) is 5.30. The SMILES string of the molecule is NS(=O)(=O)CCNc1cnccn1. The lowest BCUT2D eigenvalue weighted by molar-refractivity contribution is 0.598. The molecule has 0 aliphatic carbocycles. The zero-order chi connectivity index (χ0) is 9.73. The van der Waals surface area contributed by atoms with Crippen molar-refractivity contribution >= 4 is 15.8 Å². The van der Waals surface area contributed by atoms with Crippen molar-refractivity contribution in [2.24, 2.45) is 5.14 Å². The van der Waals surface area contributed by atoms with E-state index in [1.807, 2.05) is 0 Å². The summed E-state index contributed by atoms with van der Waals surface area (Å²) in [7, 11) is -3.40. The van der Waals surface area contributed by atoms with Gasteiger partial charge in [-0.25, -0.2) is 18.5 Å². The number of nitrogens with one attached hydrogen (secondary N) is 1. The summed E-state index contributed by atoms with van der Waals surface area (Å²) in [5.41, 5.74) is 0. The fraction of sp³-hybridized carbons (Fsp3) is 0.333. The van der Waals surface area contributed by atoms with Crippen LogP contribution in [0.5, 0.6) is 0 Å². The first kappa shape index (κ1) is 9.87. The Hall–Kier alpha value is -1.21. The van der Waals surface area contributed by atoms with Crippen LogP contribution in [0.3, 0.4) is 0 Å². The monoisotopic (exact) mass is 202 g/mol. The molecule has 0 atom stereocenters. The maximum Gasteiger partial charge on any atom is 0.210 e. The van der Waals surface area contributed by atoms with Crippen LogP contribution >= 0.6 is 0 Å². The van der Waals surface area contributed by atoms with Gasteiger partial charge in [0.25, 0.3) is 0 Å². The maximum absolute atomic E-state index is 10.5. The number of sulfonamides is 1. The molecule has 1 rings (SSSR count). The summed E-state index contributed by atoms with van der Waals surface area (Å²) in [5.74, 6) is 0.412. The molecule has 6 nitrogen and oxygen atoms in total. The van der Waals surface area contributed by atoms with E-state index in [9.17, 15) is 8.42 Å². The zero-order valence-corrected chi connectivity index (χ0v) is 7.66. The molecule has 1 aromatic heterocycles. The molecule has 72 valence electrons. The summed E-state index contributed by atoms with van der Waals surface area (Å²) in [6.07, 6.45) is 4.55. The molecular formula is C6H10N4O2S. The van der Waals surface area contributed by atoms with Crippen molar-refractivity contribution in [3.05, 3.63) is 18.6 Å². The highest BCUT2D eigenvalue weighted by molar-refractivity contribution is 7.89. The summed E-state index contributed by atoms with van der Waals surface area (Å²) >= 11 is 0. The van der Waals surface area contributed by atoms with Crippen molar-refractivity contribution in [2.45, 2.75) is 0 Å². The molecule has 0 aliphatic heterocycles. The molecule has 0 saturated heterocycles. The third-order valence-electron chi connectivity index (χ3n) is 1.26. The van der Waals surface area contributed by atoms with Crippen molar-refractivity contribution in [1.82, 2.24) is 9.97 Å². The van der Waals surface area contributed by atoms with E-state index in [1.54, 1.807) is 0 Å². The van der Waals surface area contributed by atoms with Gasteiger partial charge in [-0.1, -0.05) is 0 Å². The molecule has 0 spiro atoms. The van der Waals surface area contributed by atoms with Crippen LogP contribution in [0, 0.1) is 0 Å². The number of rotatable bonds is 4. The molecular weight excluding hydrogens is 192 g/mol. The number of aromatic nitrogens is 2. The molecule has 0 aromatic carbocycles. The lowest BCUT2D eigenvalue weighted by Gasteiger charge is -2.02. The third-order valence-corrected chi connectivity index (χ3v) is 2.03. The highest BCUT2D eigenvalue weighted by Crippen LogP contribution is 1.95. The average Bonchev–Trinajstić information content (AvgIpc) is 2.04. The number of primary sulfonamides is 1. The van der Waals surface area contributed by atoms with Crippen LogP contribution in [0.4, 0.5) is 5.82 Å². The topological polar surface area (TPSA) is 98.0 Å². The predicted octanol–water partition coefficient (Wildman–Crippen LogP) is -0.823. The first-order valence-electron chi connectivity index (χ1n) is 3.58. The van der Waals surface area contributed by atoms with Crippen LogP contribution in [-0.2, 0) is 10.0 Å². The number of hydrogen-bond acceptors (Lipinski definition) is 5. The lowest BCUT2D eigenvalue weighted by Crippen LogP contribution is -2.22. The van der Waals surface area contributed by atoms with Crippen LogP contribution in [-0.4, -0.2) is 30.7 Å². The minimum absolute atomic E-state index is 0.121. The molecule has 1 aromatic rings. The molecule has 3 N–H and O–H groups in total. The van der Waals surface area contributed by atoms with E-state index in [4.69, 9.17) is 5.14 Å². The number of nitrogens with two attached hydrogens (primary N) is 1. The van der Waals surface area contributed by atoms with Crippen molar-refractivity contribution in [1.29, 1.82) is 0 Å². The van der Waals surface area contributed by atoms with Crippen molar-refractivity contribution < 1.29 is 8.42 Å². The molecule has 0 fully saturated rings. The van der Waals surface area contributed by atoms with Gasteiger partial charge >= 0.3 is 0 Å². The minimum Gasteiger partial charge on any atom is -0.368 e. The van der Waals surface area contributed by atoms with E-state index in [-0.39, 0.29) is 12.3 Å². The summed E-state index contributed by atoms with van der Waals surface area (Å²) in [5, 5.41) is 7.56. The van der Waals surface area contributed by atoms with Gasteiger partial charge in [0.2, 0.25) is 10.0 Å². The molecule has 0 saturated carbocycles. The molecule has 0 bridgehead atoms. The lowest BCUT2D eigenvalue weighted by atomic mass is 10.6. The summed E-state index contributed by atoms with van der Waals surface area (Å²) in [4.78, 5) is 7.68. The van der Waals surface area contributed by atoms with Crippen LogP contribution < -0.4 is 10.5 Å². The van der Waals surface area contributed by atoms with Crippen LogP contribution in [0.15, 0.2) is 18.6 Å². The van der Waals surface area contributed by atoms with Gasteiger partial charge in [0.15, 0.2) is 0 Å². The number of anilines is 1. The van der Waals surface area contributed by atoms with Gasteiger partial charge in [-0.2, -0.15) is 0 Å². The van der Waals surface area contributed by atoms with Gasteiger partial charge in [-0.3, -0.25) is 4.98 Å². The molecule has 0 aliphatic rings. The molecule has 0 amide bonds. The molecule has 0 unspecified atom stereocenters. The first-order chi connectivity index (χ1) is 6.08. The van der Waals surface area contributed by atoms with Crippen molar-refractivity contribution in [3.63, 3.8) is 0 Å². The highest BCUT2D eigenvalue weighted by Gasteiger charge is 2.01. The van der Waals surface area contributed by atoms with Crippen LogP contribution in [0.2, 0.25) is 0 Å². The summed E-state index contributed by atoms with van der Waals surface area (Å²) in [6, 6.07) is 0. The zero-order valence-electron chi connectivity index (χ0n) is 6.84. The van der Waals surface area contributed by atoms with Crippen molar-refractivity contribution in [2.75, 3.05) is 17.6 Å². The molecule has 7 heteroatoms. The summed E-state index contributed by atoms with van der Waals surface area (Å²) < 4.78 is 21.0. The van der Waals surface area contributed by atoms with Gasteiger partial charge in [0.1, 0.15) is 5.82 Å². The minimum atomic E-state index is -3.40. The predicted molar refractivity (Wildman–Crippen MR) is 48.5 cm³/mol. The van der Waals surface area contributed by atoms with E-state index in [1.165, 1.54) is 18.6 Å². The second-order valence-electron chi connectivity index (χ2n) is 2.38. The molecule has 13 heavy (non-hydrogen) atoms. The Kier molecular flexibility index (Phi) is 3.15. The maximum atomic E-state index is 10.5. The van der Waals surface area contributed by atoms with Crippen LogP contribution in [0.1, 0.15) is 0 Å². The Labute approximate surface area is 76.3 Å². The summed E-state index contributed by atoms with van der Waals surface area (Å²) in [6.45, 7) is 0.234. The van der Waals surface area contributed by atoms with Crippen LogP contribution in [0.25, 0.3) is 0 Å². The van der Waals surface area contributed by atoms with Gasteiger partial charge in [0, 0.05) is 18.9 Å². The standard InChI is InChI=1S/C6H10N4O2S/c7-13(11,12)4-3-10-6-5-8-1-2-9-6/h1-2,5H,3-4H2,(H,9,10)(H2,7,11,12).